The fourth-order valence-electron chi connectivity index (χ4n) is 4.46. The van der Waals surface area contributed by atoms with Gasteiger partial charge in [-0.15, -0.1) is 0 Å². The van der Waals surface area contributed by atoms with Gasteiger partial charge in [-0.25, -0.2) is 9.82 Å². The molecule has 226 valence electrons. The number of aromatic nitrogens is 1. The van der Waals surface area contributed by atoms with Crippen LogP contribution in [0.5, 0.6) is 17.2 Å². The Labute approximate surface area is 267 Å². The summed E-state index contributed by atoms with van der Waals surface area (Å²) >= 11 is 9.95. The van der Waals surface area contributed by atoms with E-state index in [1.165, 1.54) is 19.4 Å². The second-order valence-electron chi connectivity index (χ2n) is 9.70. The molecule has 0 aliphatic heterocycles. The predicted octanol–water partition coefficient (Wildman–Crippen LogP) is 8.17. The monoisotopic (exact) mass is 679 g/mol. The molecule has 0 saturated carbocycles. The number of aryl methyl sites for hydroxylation is 2. The second-order valence-corrected chi connectivity index (χ2v) is 10.9. The fourth-order valence-corrected chi connectivity index (χ4v) is 5.12. The number of halogens is 3. The predicted molar refractivity (Wildman–Crippen MR) is 170 cm³/mol. The molecule has 0 unspecified atom stereocenters. The number of carbonyl (C=O) groups excluding carboxylic acids is 1. The normalized spacial score (nSPS) is 11.1. The number of ether oxygens (including phenoxy) is 3. The van der Waals surface area contributed by atoms with Gasteiger partial charge < -0.3 is 23.2 Å². The maximum Gasteiger partial charge on any atom is 0.307 e. The molecular formula is C33H28BrClFN3O5. The number of rotatable bonds is 11. The molecule has 1 N–H and O–H groups in total. The van der Waals surface area contributed by atoms with E-state index in [9.17, 15) is 9.18 Å². The van der Waals surface area contributed by atoms with E-state index in [1.807, 2.05) is 24.3 Å². The van der Waals surface area contributed by atoms with E-state index in [0.717, 1.165) is 17.1 Å². The first-order valence-corrected chi connectivity index (χ1v) is 14.6. The highest BCUT2D eigenvalue weighted by atomic mass is 79.9. The van der Waals surface area contributed by atoms with E-state index < -0.39 is 5.91 Å². The second kappa shape index (κ2) is 13.8. The summed E-state index contributed by atoms with van der Waals surface area (Å²) in [6.07, 6.45) is 1.39. The SMILES string of the molecule is COc1cc(/C=N/NC(=O)c2ccc(COc3ccc(-n4c(C)ccc4C)cc3)o2)c(Br)c(Cl)c1OCc1ccccc1F. The van der Waals surface area contributed by atoms with Crippen LogP contribution in [-0.4, -0.2) is 23.8 Å². The van der Waals surface area contributed by atoms with Crippen LogP contribution in [0.15, 0.2) is 92.9 Å². The minimum absolute atomic E-state index is 0.0467. The fraction of sp³-hybridized carbons (Fsp3) is 0.152. The van der Waals surface area contributed by atoms with Crippen LogP contribution < -0.4 is 19.6 Å². The van der Waals surface area contributed by atoms with Gasteiger partial charge in [-0.3, -0.25) is 4.79 Å². The zero-order valence-electron chi connectivity index (χ0n) is 24.1. The van der Waals surface area contributed by atoms with Crippen LogP contribution in [-0.2, 0) is 13.2 Å². The molecule has 44 heavy (non-hydrogen) atoms. The lowest BCUT2D eigenvalue weighted by Gasteiger charge is -2.15. The molecule has 5 rings (SSSR count). The van der Waals surface area contributed by atoms with Crippen LogP contribution in [0.3, 0.4) is 0 Å². The number of nitrogens with one attached hydrogen (secondary N) is 1. The summed E-state index contributed by atoms with van der Waals surface area (Å²) in [7, 11) is 1.46. The molecule has 3 aromatic carbocycles. The van der Waals surface area contributed by atoms with Crippen molar-refractivity contribution in [1.29, 1.82) is 0 Å². The Morgan fingerprint density at radius 1 is 1.02 bits per heavy atom. The number of nitrogens with zero attached hydrogens (tertiary/aromatic N) is 2. The van der Waals surface area contributed by atoms with Crippen LogP contribution in [0, 0.1) is 19.7 Å². The summed E-state index contributed by atoms with van der Waals surface area (Å²) < 4.78 is 39.3. The van der Waals surface area contributed by atoms with Crippen LogP contribution >= 0.6 is 27.5 Å². The number of hydrazone groups is 1. The molecule has 0 aliphatic rings. The highest BCUT2D eigenvalue weighted by molar-refractivity contribution is 9.10. The zero-order chi connectivity index (χ0) is 31.2. The first-order valence-electron chi connectivity index (χ1n) is 13.5. The molecule has 0 bridgehead atoms. The summed E-state index contributed by atoms with van der Waals surface area (Å²) in [4.78, 5) is 12.6. The van der Waals surface area contributed by atoms with E-state index in [2.05, 4.69) is 57.0 Å². The highest BCUT2D eigenvalue weighted by Crippen LogP contribution is 2.42. The van der Waals surface area contributed by atoms with Crippen molar-refractivity contribution in [3.05, 3.63) is 128 Å². The number of furan rings is 1. The van der Waals surface area contributed by atoms with Crippen molar-refractivity contribution < 1.29 is 27.8 Å². The first kappa shape index (κ1) is 30.9. The number of hydrogen-bond acceptors (Lipinski definition) is 6. The van der Waals surface area contributed by atoms with Gasteiger partial charge in [0.15, 0.2) is 17.3 Å². The highest BCUT2D eigenvalue weighted by Gasteiger charge is 2.18. The maximum absolute atomic E-state index is 14.0. The Hall–Kier alpha value is -4.54. The number of benzene rings is 3. The van der Waals surface area contributed by atoms with Crippen LogP contribution in [0.1, 0.15) is 38.8 Å². The number of carbonyl (C=O) groups is 1. The quantitative estimate of drug-likeness (QED) is 0.112. The molecule has 5 aromatic rings. The maximum atomic E-state index is 14.0. The molecule has 1 amide bonds. The first-order chi connectivity index (χ1) is 21.2. The van der Waals surface area contributed by atoms with Crippen molar-refractivity contribution in [1.82, 2.24) is 9.99 Å². The molecule has 0 radical (unpaired) electrons. The molecule has 0 fully saturated rings. The van der Waals surface area contributed by atoms with Crippen molar-refractivity contribution in [3.8, 4) is 22.9 Å². The van der Waals surface area contributed by atoms with E-state index in [0.29, 0.717) is 32.9 Å². The molecule has 0 saturated heterocycles. The minimum atomic E-state index is -0.548. The van der Waals surface area contributed by atoms with E-state index in [4.69, 9.17) is 30.2 Å². The van der Waals surface area contributed by atoms with Gasteiger partial charge in [-0.2, -0.15) is 5.10 Å². The van der Waals surface area contributed by atoms with E-state index >= 15 is 0 Å². The average Bonchev–Trinajstić information content (AvgIpc) is 3.64. The third kappa shape index (κ3) is 6.98. The Morgan fingerprint density at radius 2 is 1.75 bits per heavy atom. The van der Waals surface area contributed by atoms with Crippen molar-refractivity contribution in [2.45, 2.75) is 27.1 Å². The molecule has 0 atom stereocenters. The van der Waals surface area contributed by atoms with Crippen LogP contribution in [0.4, 0.5) is 4.39 Å². The van der Waals surface area contributed by atoms with Crippen LogP contribution in [0.2, 0.25) is 5.02 Å². The standard InChI is InChI=1S/C33H28BrClFN3O5/c1-20-8-9-21(2)39(20)24-10-12-25(13-11-24)42-19-26-14-15-28(44-26)33(40)38-37-17-23-16-29(41-3)32(31(35)30(23)34)43-18-22-6-4-5-7-27(22)36/h4-17H,18-19H2,1-3H3,(H,38,40)/b37-17+. The third-order valence-corrected chi connectivity index (χ3v) is 8.15. The molecule has 2 aromatic heterocycles. The van der Waals surface area contributed by atoms with Gasteiger partial charge in [0, 0.05) is 32.7 Å². The number of amides is 1. The molecule has 0 aliphatic carbocycles. The van der Waals surface area contributed by atoms with Gasteiger partial charge in [0.1, 0.15) is 35.6 Å². The molecule has 0 spiro atoms. The van der Waals surface area contributed by atoms with Gasteiger partial charge in [0.25, 0.3) is 0 Å². The number of methoxy groups -OCH3 is 1. The molecular weight excluding hydrogens is 653 g/mol. The molecule has 8 nitrogen and oxygen atoms in total. The topological polar surface area (TPSA) is 87.2 Å². The van der Waals surface area contributed by atoms with Gasteiger partial charge in [-0.1, -0.05) is 29.8 Å². The minimum Gasteiger partial charge on any atom is -0.493 e. The zero-order valence-corrected chi connectivity index (χ0v) is 26.4. The summed E-state index contributed by atoms with van der Waals surface area (Å²) in [5.74, 6) is 0.827. The number of hydrogen-bond donors (Lipinski definition) is 1. The van der Waals surface area contributed by atoms with Crippen LogP contribution in [0.25, 0.3) is 5.69 Å². The summed E-state index contributed by atoms with van der Waals surface area (Å²) in [6, 6.07) is 23.0. The van der Waals surface area contributed by atoms with E-state index in [1.54, 1.807) is 36.4 Å². The van der Waals surface area contributed by atoms with Gasteiger partial charge in [0.2, 0.25) is 0 Å². The Morgan fingerprint density at radius 3 is 2.45 bits per heavy atom. The Balaban J connectivity index is 1.17. The lowest BCUT2D eigenvalue weighted by Crippen LogP contribution is -2.16. The van der Waals surface area contributed by atoms with Gasteiger partial charge in [0.05, 0.1) is 13.3 Å². The average molecular weight is 681 g/mol. The Bertz CT molecular complexity index is 1800. The summed E-state index contributed by atoms with van der Waals surface area (Å²) in [6.45, 7) is 4.22. The van der Waals surface area contributed by atoms with E-state index in [-0.39, 0.29) is 35.6 Å². The largest absolute Gasteiger partial charge is 0.493 e. The Kier molecular flexibility index (Phi) is 9.72. The smallest absolute Gasteiger partial charge is 0.307 e. The van der Waals surface area contributed by atoms with Crippen molar-refractivity contribution >= 4 is 39.7 Å². The van der Waals surface area contributed by atoms with Crippen molar-refractivity contribution in [3.63, 3.8) is 0 Å². The lowest BCUT2D eigenvalue weighted by atomic mass is 10.2. The molecule has 2 heterocycles. The van der Waals surface area contributed by atoms with Crippen molar-refractivity contribution in [2.24, 2.45) is 5.10 Å². The summed E-state index contributed by atoms with van der Waals surface area (Å²) in [5, 5.41) is 4.22. The van der Waals surface area contributed by atoms with Crippen molar-refractivity contribution in [2.75, 3.05) is 7.11 Å². The molecule has 11 heteroatoms. The van der Waals surface area contributed by atoms with Gasteiger partial charge in [-0.05, 0) is 90.4 Å². The lowest BCUT2D eigenvalue weighted by molar-refractivity contribution is 0.0923. The summed E-state index contributed by atoms with van der Waals surface area (Å²) in [5.41, 5.74) is 6.66. The van der Waals surface area contributed by atoms with Gasteiger partial charge >= 0.3 is 5.91 Å². The third-order valence-electron chi connectivity index (χ3n) is 6.71.